The van der Waals surface area contributed by atoms with Crippen LogP contribution in [-0.2, 0) is 12.8 Å². The maximum atomic E-state index is 3.97. The zero-order valence-corrected chi connectivity index (χ0v) is 7.10. The summed E-state index contributed by atoms with van der Waals surface area (Å²) < 4.78 is 3.86. The third-order valence-electron chi connectivity index (χ3n) is 1.30. The first-order valence-electron chi connectivity index (χ1n) is 3.40. The molecule has 0 bridgehead atoms. The molecule has 11 heavy (non-hydrogen) atoms. The van der Waals surface area contributed by atoms with Gasteiger partial charge in [0.2, 0.25) is 0 Å². The molecular weight excluding hydrogens is 156 g/mol. The molecule has 2 nitrogen and oxygen atoms in total. The molecule has 0 atom stereocenters. The second kappa shape index (κ2) is 4.03. The molecule has 0 fully saturated rings. The van der Waals surface area contributed by atoms with Crippen molar-refractivity contribution < 1.29 is 0 Å². The highest BCUT2D eigenvalue weighted by Gasteiger charge is 2.02. The van der Waals surface area contributed by atoms with Crippen LogP contribution in [0, 0.1) is 0 Å². The molecule has 3 heteroatoms. The second-order valence-electron chi connectivity index (χ2n) is 2.13. The van der Waals surface area contributed by atoms with E-state index in [0.29, 0.717) is 0 Å². The van der Waals surface area contributed by atoms with Crippen LogP contribution in [0.1, 0.15) is 10.6 Å². The lowest BCUT2D eigenvalue weighted by Gasteiger charge is -1.90. The van der Waals surface area contributed by atoms with Gasteiger partial charge in [-0.15, -0.1) is 18.3 Å². The lowest BCUT2D eigenvalue weighted by Crippen LogP contribution is -1.86. The van der Waals surface area contributed by atoms with Crippen molar-refractivity contribution in [3.05, 3.63) is 35.9 Å². The van der Waals surface area contributed by atoms with Crippen molar-refractivity contribution in [1.82, 2.24) is 9.59 Å². The van der Waals surface area contributed by atoms with Crippen LogP contribution >= 0.6 is 11.5 Å². The molecule has 0 spiro atoms. The van der Waals surface area contributed by atoms with Crippen molar-refractivity contribution in [2.75, 3.05) is 0 Å². The maximum absolute atomic E-state index is 3.97. The Morgan fingerprint density at radius 3 is 2.64 bits per heavy atom. The lowest BCUT2D eigenvalue weighted by atomic mass is 10.2. The average molecular weight is 166 g/mol. The van der Waals surface area contributed by atoms with Gasteiger partial charge in [-0.3, -0.25) is 0 Å². The van der Waals surface area contributed by atoms with Crippen LogP contribution in [0.15, 0.2) is 25.3 Å². The highest BCUT2D eigenvalue weighted by Crippen LogP contribution is 2.12. The molecule has 0 saturated carbocycles. The van der Waals surface area contributed by atoms with Gasteiger partial charge in [-0.05, 0) is 11.5 Å². The molecule has 0 aromatic carbocycles. The lowest BCUT2D eigenvalue weighted by molar-refractivity contribution is 1.02. The largest absolute Gasteiger partial charge is 0.143 e. The summed E-state index contributed by atoms with van der Waals surface area (Å²) in [6.45, 7) is 7.31. The molecule has 0 aliphatic heterocycles. The Hall–Kier alpha value is -0.960. The van der Waals surface area contributed by atoms with Gasteiger partial charge in [0, 0.05) is 12.8 Å². The Morgan fingerprint density at radius 2 is 2.00 bits per heavy atom. The fourth-order valence-electron chi connectivity index (χ4n) is 0.805. The quantitative estimate of drug-likeness (QED) is 0.639. The smallest absolute Gasteiger partial charge is 0.0828 e. The predicted molar refractivity (Wildman–Crippen MR) is 47.7 cm³/mol. The summed E-state index contributed by atoms with van der Waals surface area (Å²) >= 11 is 1.43. The van der Waals surface area contributed by atoms with Gasteiger partial charge in [0.1, 0.15) is 0 Å². The number of rotatable bonds is 4. The highest BCUT2D eigenvalue weighted by atomic mass is 32.1. The SMILES string of the molecule is C=CCc1nnsc1CC=C. The summed E-state index contributed by atoms with van der Waals surface area (Å²) in [6, 6.07) is 0. The van der Waals surface area contributed by atoms with Gasteiger partial charge in [0.15, 0.2) is 0 Å². The summed E-state index contributed by atoms with van der Waals surface area (Å²) in [5.74, 6) is 0. The number of hydrogen-bond acceptors (Lipinski definition) is 3. The third-order valence-corrected chi connectivity index (χ3v) is 2.09. The van der Waals surface area contributed by atoms with Crippen LogP contribution in [0.25, 0.3) is 0 Å². The monoisotopic (exact) mass is 166 g/mol. The Bertz CT molecular complexity index is 228. The first-order chi connectivity index (χ1) is 5.38. The Morgan fingerprint density at radius 1 is 1.27 bits per heavy atom. The number of allylic oxidation sites excluding steroid dienone is 2. The van der Waals surface area contributed by atoms with Crippen LogP contribution in [0.5, 0.6) is 0 Å². The predicted octanol–water partition coefficient (Wildman–Crippen LogP) is 2.00. The molecule has 1 aromatic heterocycles. The molecule has 1 rings (SSSR count). The van der Waals surface area contributed by atoms with E-state index in [-0.39, 0.29) is 0 Å². The van der Waals surface area contributed by atoms with Gasteiger partial charge in [0.05, 0.1) is 10.6 Å². The van der Waals surface area contributed by atoms with Gasteiger partial charge in [-0.2, -0.15) is 0 Å². The van der Waals surface area contributed by atoms with Crippen LogP contribution < -0.4 is 0 Å². The highest BCUT2D eigenvalue weighted by molar-refractivity contribution is 7.05. The van der Waals surface area contributed by atoms with E-state index < -0.39 is 0 Å². The van der Waals surface area contributed by atoms with Crippen LogP contribution in [-0.4, -0.2) is 9.59 Å². The average Bonchev–Trinajstić information content (AvgIpc) is 2.39. The molecule has 0 aliphatic rings. The molecule has 1 aromatic rings. The van der Waals surface area contributed by atoms with Crippen molar-refractivity contribution in [1.29, 1.82) is 0 Å². The van der Waals surface area contributed by atoms with E-state index >= 15 is 0 Å². The minimum atomic E-state index is 0.805. The fourth-order valence-corrected chi connectivity index (χ4v) is 1.46. The van der Waals surface area contributed by atoms with E-state index in [1.165, 1.54) is 16.4 Å². The van der Waals surface area contributed by atoms with Gasteiger partial charge in [0.25, 0.3) is 0 Å². The van der Waals surface area contributed by atoms with Gasteiger partial charge >= 0.3 is 0 Å². The summed E-state index contributed by atoms with van der Waals surface area (Å²) in [4.78, 5) is 1.19. The van der Waals surface area contributed by atoms with Crippen LogP contribution in [0.2, 0.25) is 0 Å². The van der Waals surface area contributed by atoms with Gasteiger partial charge < -0.3 is 0 Å². The van der Waals surface area contributed by atoms with E-state index in [1.807, 2.05) is 12.2 Å². The van der Waals surface area contributed by atoms with Crippen molar-refractivity contribution in [3.8, 4) is 0 Å². The summed E-state index contributed by atoms with van der Waals surface area (Å²) in [5, 5.41) is 3.97. The number of hydrogen-bond donors (Lipinski definition) is 0. The molecule has 58 valence electrons. The van der Waals surface area contributed by atoms with Crippen molar-refractivity contribution in [3.63, 3.8) is 0 Å². The van der Waals surface area contributed by atoms with Crippen LogP contribution in [0.3, 0.4) is 0 Å². The number of nitrogens with zero attached hydrogens (tertiary/aromatic N) is 2. The molecule has 0 saturated heterocycles. The molecule has 0 radical (unpaired) electrons. The second-order valence-corrected chi connectivity index (χ2v) is 2.97. The normalized spacial score (nSPS) is 9.45. The van der Waals surface area contributed by atoms with Gasteiger partial charge in [-0.1, -0.05) is 16.6 Å². The van der Waals surface area contributed by atoms with Gasteiger partial charge in [-0.25, -0.2) is 0 Å². The van der Waals surface area contributed by atoms with Crippen molar-refractivity contribution >= 4 is 11.5 Å². The molecule has 0 N–H and O–H groups in total. The third kappa shape index (κ3) is 1.98. The Labute approximate surface area is 70.4 Å². The fraction of sp³-hybridized carbons (Fsp3) is 0.250. The van der Waals surface area contributed by atoms with E-state index in [0.717, 1.165) is 18.5 Å². The summed E-state index contributed by atoms with van der Waals surface area (Å²) in [6.07, 6.45) is 5.37. The minimum absolute atomic E-state index is 0.805. The van der Waals surface area contributed by atoms with Crippen LogP contribution in [0.4, 0.5) is 0 Å². The molecule has 0 amide bonds. The zero-order chi connectivity index (χ0) is 8.10. The first kappa shape index (κ1) is 8.14. The molecule has 0 unspecified atom stereocenters. The zero-order valence-electron chi connectivity index (χ0n) is 6.29. The first-order valence-corrected chi connectivity index (χ1v) is 4.17. The van der Waals surface area contributed by atoms with E-state index in [9.17, 15) is 0 Å². The Kier molecular flexibility index (Phi) is 2.98. The van der Waals surface area contributed by atoms with Crippen molar-refractivity contribution in [2.24, 2.45) is 0 Å². The van der Waals surface area contributed by atoms with Crippen molar-refractivity contribution in [2.45, 2.75) is 12.8 Å². The Balaban J connectivity index is 2.76. The minimum Gasteiger partial charge on any atom is -0.143 e. The number of aromatic nitrogens is 2. The maximum Gasteiger partial charge on any atom is 0.0828 e. The molecular formula is C8H10N2S. The topological polar surface area (TPSA) is 25.8 Å². The summed E-state index contributed by atoms with van der Waals surface area (Å²) in [7, 11) is 0. The van der Waals surface area contributed by atoms with E-state index in [2.05, 4.69) is 22.7 Å². The van der Waals surface area contributed by atoms with E-state index in [4.69, 9.17) is 0 Å². The standard InChI is InChI=1S/C8H10N2S/c1-3-5-7-8(6-4-2)11-10-9-7/h3-4H,1-2,5-6H2. The summed E-state index contributed by atoms with van der Waals surface area (Å²) in [5.41, 5.74) is 1.03. The van der Waals surface area contributed by atoms with E-state index in [1.54, 1.807) is 0 Å². The molecule has 1 heterocycles. The molecule has 0 aliphatic carbocycles.